The van der Waals surface area contributed by atoms with Crippen LogP contribution in [0.3, 0.4) is 0 Å². The minimum absolute atomic E-state index is 0.150. The second kappa shape index (κ2) is 9.39. The lowest BCUT2D eigenvalue weighted by atomic mass is 10.3. The molecule has 25 heavy (non-hydrogen) atoms. The summed E-state index contributed by atoms with van der Waals surface area (Å²) in [5.74, 6) is 1.01. The first-order chi connectivity index (χ1) is 12.1. The Morgan fingerprint density at radius 2 is 1.60 bits per heavy atom. The molecule has 7 heteroatoms. The third-order valence-corrected chi connectivity index (χ3v) is 4.76. The molecule has 1 N–H and O–H groups in total. The van der Waals surface area contributed by atoms with Crippen molar-refractivity contribution in [3.05, 3.63) is 48.3 Å². The van der Waals surface area contributed by atoms with Crippen LogP contribution >= 0.6 is 0 Å². The smallest absolute Gasteiger partial charge is 0.241 e. The van der Waals surface area contributed by atoms with E-state index >= 15 is 0 Å². The van der Waals surface area contributed by atoms with E-state index in [4.69, 9.17) is 9.47 Å². The van der Waals surface area contributed by atoms with Gasteiger partial charge in [0.15, 0.2) is 11.5 Å². The quantitative estimate of drug-likeness (QED) is 0.701. The zero-order valence-corrected chi connectivity index (χ0v) is 15.4. The number of hydrogen-bond acceptors (Lipinski definition) is 5. The number of pyridine rings is 1. The van der Waals surface area contributed by atoms with Gasteiger partial charge in [-0.3, -0.25) is 4.98 Å². The second-order valence-corrected chi connectivity index (χ2v) is 7.25. The molecule has 1 aromatic carbocycles. The highest BCUT2D eigenvalue weighted by Crippen LogP contribution is 2.30. The summed E-state index contributed by atoms with van der Waals surface area (Å²) in [5.41, 5.74) is 0.837. The largest absolute Gasteiger partial charge is 0.490 e. The van der Waals surface area contributed by atoms with Crippen LogP contribution in [0.5, 0.6) is 11.5 Å². The number of aromatic nitrogens is 1. The summed E-state index contributed by atoms with van der Waals surface area (Å²) in [6, 6.07) is 8.20. The maximum atomic E-state index is 12.5. The van der Waals surface area contributed by atoms with Gasteiger partial charge in [-0.1, -0.05) is 13.8 Å². The molecule has 0 saturated carbocycles. The van der Waals surface area contributed by atoms with Gasteiger partial charge in [0.1, 0.15) is 0 Å². The Balaban J connectivity index is 2.18. The number of hydrogen-bond donors (Lipinski definition) is 1. The van der Waals surface area contributed by atoms with Crippen molar-refractivity contribution in [3.63, 3.8) is 0 Å². The Hall–Kier alpha value is -2.12. The van der Waals surface area contributed by atoms with Gasteiger partial charge in [-0.2, -0.15) is 0 Å². The van der Waals surface area contributed by atoms with E-state index in [1.165, 1.54) is 12.1 Å². The summed E-state index contributed by atoms with van der Waals surface area (Å²) in [7, 11) is -3.65. The monoisotopic (exact) mass is 364 g/mol. The first kappa shape index (κ1) is 19.2. The van der Waals surface area contributed by atoms with Crippen LogP contribution in [0.2, 0.25) is 0 Å². The van der Waals surface area contributed by atoms with Gasteiger partial charge >= 0.3 is 0 Å². The molecule has 2 aromatic rings. The number of rotatable bonds is 10. The predicted octanol–water partition coefficient (Wildman–Crippen LogP) is 3.14. The van der Waals surface area contributed by atoms with Crippen LogP contribution in [-0.4, -0.2) is 26.6 Å². The fourth-order valence-corrected chi connectivity index (χ4v) is 3.11. The molecule has 0 spiro atoms. The molecule has 0 bridgehead atoms. The molecule has 0 radical (unpaired) electrons. The number of ether oxygens (including phenoxy) is 2. The van der Waals surface area contributed by atoms with Gasteiger partial charge in [0, 0.05) is 25.0 Å². The lowest BCUT2D eigenvalue weighted by Crippen LogP contribution is -2.23. The molecule has 0 amide bonds. The first-order valence-corrected chi connectivity index (χ1v) is 9.83. The van der Waals surface area contributed by atoms with Crippen LogP contribution in [0.1, 0.15) is 32.3 Å². The SMILES string of the molecule is CCCOc1ccc(S(=O)(=O)NCc2ccncc2)cc1OCCC. The van der Waals surface area contributed by atoms with Gasteiger partial charge in [0.2, 0.25) is 10.0 Å². The number of sulfonamides is 1. The summed E-state index contributed by atoms with van der Waals surface area (Å²) in [5, 5.41) is 0. The van der Waals surface area contributed by atoms with Crippen molar-refractivity contribution >= 4 is 10.0 Å². The molecule has 0 aliphatic rings. The summed E-state index contributed by atoms with van der Waals surface area (Å²) in [4.78, 5) is 4.06. The van der Waals surface area contributed by atoms with Gasteiger partial charge < -0.3 is 9.47 Å². The average molecular weight is 364 g/mol. The molecular formula is C18H24N2O4S. The molecular weight excluding hydrogens is 340 g/mol. The first-order valence-electron chi connectivity index (χ1n) is 8.35. The summed E-state index contributed by atoms with van der Waals surface area (Å²) in [6.45, 7) is 5.24. The lowest BCUT2D eigenvalue weighted by molar-refractivity contribution is 0.267. The van der Waals surface area contributed by atoms with Crippen LogP contribution in [0.25, 0.3) is 0 Å². The van der Waals surface area contributed by atoms with Gasteiger partial charge in [-0.15, -0.1) is 0 Å². The molecule has 2 rings (SSSR count). The maximum Gasteiger partial charge on any atom is 0.241 e. The van der Waals surface area contributed by atoms with Gasteiger partial charge in [-0.25, -0.2) is 13.1 Å². The van der Waals surface area contributed by atoms with Crippen molar-refractivity contribution in [2.24, 2.45) is 0 Å². The Morgan fingerprint density at radius 3 is 2.24 bits per heavy atom. The summed E-state index contributed by atoms with van der Waals surface area (Å²) >= 11 is 0. The fraction of sp³-hybridized carbons (Fsp3) is 0.389. The molecule has 0 fully saturated rings. The van der Waals surface area contributed by atoms with Crippen molar-refractivity contribution in [1.82, 2.24) is 9.71 Å². The van der Waals surface area contributed by atoms with Crippen LogP contribution in [0.4, 0.5) is 0 Å². The molecule has 0 unspecified atom stereocenters. The average Bonchev–Trinajstić information content (AvgIpc) is 2.64. The zero-order chi connectivity index (χ0) is 18.1. The number of nitrogens with zero attached hydrogens (tertiary/aromatic N) is 1. The summed E-state index contributed by atoms with van der Waals surface area (Å²) < 4.78 is 38.9. The van der Waals surface area contributed by atoms with Crippen LogP contribution < -0.4 is 14.2 Å². The summed E-state index contributed by atoms with van der Waals surface area (Å²) in [6.07, 6.45) is 4.94. The van der Waals surface area contributed by atoms with E-state index < -0.39 is 10.0 Å². The topological polar surface area (TPSA) is 77.5 Å². The highest BCUT2D eigenvalue weighted by atomic mass is 32.2. The standard InChI is InChI=1S/C18H24N2O4S/c1-3-11-23-17-6-5-16(13-18(17)24-12-4-2)25(21,22)20-14-15-7-9-19-10-8-15/h5-10,13,20H,3-4,11-12,14H2,1-2H3. The Morgan fingerprint density at radius 1 is 0.960 bits per heavy atom. The van der Waals surface area contributed by atoms with Gasteiger partial charge in [0.25, 0.3) is 0 Å². The zero-order valence-electron chi connectivity index (χ0n) is 14.6. The molecule has 0 aliphatic heterocycles. The highest BCUT2D eigenvalue weighted by Gasteiger charge is 2.17. The van der Waals surface area contributed by atoms with Gasteiger partial charge in [0.05, 0.1) is 18.1 Å². The third kappa shape index (κ3) is 5.72. The van der Waals surface area contributed by atoms with Crippen molar-refractivity contribution < 1.29 is 17.9 Å². The molecule has 1 heterocycles. The molecule has 0 atom stereocenters. The van der Waals surface area contributed by atoms with Crippen molar-refractivity contribution in [2.75, 3.05) is 13.2 Å². The van der Waals surface area contributed by atoms with Crippen molar-refractivity contribution in [1.29, 1.82) is 0 Å². The molecule has 0 aliphatic carbocycles. The third-order valence-electron chi connectivity index (χ3n) is 3.36. The van der Waals surface area contributed by atoms with E-state index in [9.17, 15) is 8.42 Å². The van der Waals surface area contributed by atoms with E-state index in [0.29, 0.717) is 24.7 Å². The van der Waals surface area contributed by atoms with Crippen molar-refractivity contribution in [3.8, 4) is 11.5 Å². The van der Waals surface area contributed by atoms with Crippen LogP contribution in [0, 0.1) is 0 Å². The van der Waals surface area contributed by atoms with Crippen LogP contribution in [-0.2, 0) is 16.6 Å². The van der Waals surface area contributed by atoms with E-state index in [1.54, 1.807) is 30.6 Å². The van der Waals surface area contributed by atoms with E-state index in [0.717, 1.165) is 18.4 Å². The van der Waals surface area contributed by atoms with E-state index in [2.05, 4.69) is 9.71 Å². The van der Waals surface area contributed by atoms with E-state index in [-0.39, 0.29) is 11.4 Å². The normalized spacial score (nSPS) is 11.3. The van der Waals surface area contributed by atoms with E-state index in [1.807, 2.05) is 13.8 Å². The second-order valence-electron chi connectivity index (χ2n) is 5.49. The van der Waals surface area contributed by atoms with Gasteiger partial charge in [-0.05, 0) is 42.7 Å². The van der Waals surface area contributed by atoms with Crippen LogP contribution in [0.15, 0.2) is 47.6 Å². The molecule has 136 valence electrons. The fourth-order valence-electron chi connectivity index (χ4n) is 2.07. The highest BCUT2D eigenvalue weighted by molar-refractivity contribution is 7.89. The maximum absolute atomic E-state index is 12.5. The van der Waals surface area contributed by atoms with Crippen molar-refractivity contribution in [2.45, 2.75) is 38.1 Å². The Kier molecular flexibility index (Phi) is 7.21. The molecule has 1 aromatic heterocycles. The number of nitrogens with one attached hydrogen (secondary N) is 1. The Labute approximate surface area is 149 Å². The number of benzene rings is 1. The minimum Gasteiger partial charge on any atom is -0.490 e. The Bertz CT molecular complexity index is 764. The molecule has 6 nitrogen and oxygen atoms in total. The predicted molar refractivity (Wildman–Crippen MR) is 96.3 cm³/mol. The lowest BCUT2D eigenvalue weighted by Gasteiger charge is -2.14. The minimum atomic E-state index is -3.65. The molecule has 0 saturated heterocycles.